The summed E-state index contributed by atoms with van der Waals surface area (Å²) in [7, 11) is 0. The van der Waals surface area contributed by atoms with Crippen LogP contribution in [0.25, 0.3) is 0 Å². The van der Waals surface area contributed by atoms with Crippen molar-refractivity contribution in [2.45, 2.75) is 38.3 Å². The van der Waals surface area contributed by atoms with Gasteiger partial charge in [-0.25, -0.2) is 4.39 Å². The quantitative estimate of drug-likeness (QED) is 0.908. The van der Waals surface area contributed by atoms with Gasteiger partial charge in [0.25, 0.3) is 0 Å². The lowest BCUT2D eigenvalue weighted by Crippen LogP contribution is -2.61. The van der Waals surface area contributed by atoms with Crippen LogP contribution >= 0.6 is 11.6 Å². The average molecular weight is 315 g/mol. The van der Waals surface area contributed by atoms with E-state index in [2.05, 4.69) is 18.7 Å². The minimum Gasteiger partial charge on any atom is -0.379 e. The Bertz CT molecular complexity index is 479. The molecule has 1 aromatic carbocycles. The second-order valence-corrected chi connectivity index (χ2v) is 6.24. The number of morpholine rings is 1. The molecule has 1 aliphatic rings. The van der Waals surface area contributed by atoms with Crippen LogP contribution in [0.1, 0.15) is 25.8 Å². The van der Waals surface area contributed by atoms with E-state index in [9.17, 15) is 4.39 Å². The summed E-state index contributed by atoms with van der Waals surface area (Å²) in [4.78, 5) is 2.36. The molecule has 0 amide bonds. The molecule has 1 aromatic rings. The fraction of sp³-hybridized carbons (Fsp3) is 0.625. The third kappa shape index (κ3) is 3.57. The molecular weight excluding hydrogens is 291 g/mol. The van der Waals surface area contributed by atoms with Gasteiger partial charge in [-0.05, 0) is 31.4 Å². The molecule has 0 saturated carbocycles. The summed E-state index contributed by atoms with van der Waals surface area (Å²) in [6, 6.07) is 4.93. The van der Waals surface area contributed by atoms with Gasteiger partial charge in [0, 0.05) is 24.7 Å². The second kappa shape index (κ2) is 7.05. The van der Waals surface area contributed by atoms with E-state index in [-0.39, 0.29) is 22.4 Å². The van der Waals surface area contributed by atoms with Gasteiger partial charge in [0.15, 0.2) is 0 Å². The Kier molecular flexibility index (Phi) is 5.60. The van der Waals surface area contributed by atoms with E-state index in [4.69, 9.17) is 22.1 Å². The van der Waals surface area contributed by atoms with E-state index < -0.39 is 0 Å². The molecule has 0 bridgehead atoms. The highest BCUT2D eigenvalue weighted by Gasteiger charge is 2.37. The summed E-state index contributed by atoms with van der Waals surface area (Å²) in [5, 5.41) is 0.157. The molecule has 0 aromatic heterocycles. The van der Waals surface area contributed by atoms with Crippen LogP contribution < -0.4 is 5.73 Å². The van der Waals surface area contributed by atoms with Crippen molar-refractivity contribution in [3.8, 4) is 0 Å². The summed E-state index contributed by atoms with van der Waals surface area (Å²) in [5.74, 6) is -0.352. The van der Waals surface area contributed by atoms with Crippen LogP contribution in [0.4, 0.5) is 4.39 Å². The molecule has 1 heterocycles. The van der Waals surface area contributed by atoms with Gasteiger partial charge in [0.05, 0.1) is 18.2 Å². The summed E-state index contributed by atoms with van der Waals surface area (Å²) >= 11 is 5.85. The minimum atomic E-state index is -0.352. The van der Waals surface area contributed by atoms with Crippen LogP contribution in [0.5, 0.6) is 0 Å². The molecule has 1 aliphatic heterocycles. The number of hydrogen-bond donors (Lipinski definition) is 1. The Hall–Kier alpha value is -0.680. The van der Waals surface area contributed by atoms with E-state index in [1.54, 1.807) is 18.2 Å². The van der Waals surface area contributed by atoms with Crippen molar-refractivity contribution in [2.24, 2.45) is 5.73 Å². The van der Waals surface area contributed by atoms with Gasteiger partial charge in [0.2, 0.25) is 0 Å². The first-order valence-corrected chi connectivity index (χ1v) is 7.88. The van der Waals surface area contributed by atoms with Crippen LogP contribution in [-0.4, -0.2) is 42.8 Å². The van der Waals surface area contributed by atoms with Crippen molar-refractivity contribution in [1.29, 1.82) is 0 Å². The number of hydrogen-bond acceptors (Lipinski definition) is 3. The number of halogens is 2. The maximum absolute atomic E-state index is 14.1. The first-order chi connectivity index (χ1) is 9.99. The third-order valence-corrected chi connectivity index (χ3v) is 5.01. The van der Waals surface area contributed by atoms with Gasteiger partial charge in [-0.15, -0.1) is 0 Å². The first-order valence-electron chi connectivity index (χ1n) is 7.50. The molecule has 0 radical (unpaired) electrons. The van der Waals surface area contributed by atoms with E-state index >= 15 is 0 Å². The molecule has 2 atom stereocenters. The number of benzene rings is 1. The van der Waals surface area contributed by atoms with E-state index in [0.29, 0.717) is 12.0 Å². The Labute approximate surface area is 131 Å². The predicted molar refractivity (Wildman–Crippen MR) is 84.2 cm³/mol. The molecule has 3 nitrogen and oxygen atoms in total. The summed E-state index contributed by atoms with van der Waals surface area (Å²) in [6.45, 7) is 7.49. The lowest BCUT2D eigenvalue weighted by molar-refractivity contribution is -0.0273. The van der Waals surface area contributed by atoms with Gasteiger partial charge in [-0.3, -0.25) is 4.90 Å². The second-order valence-electron chi connectivity index (χ2n) is 5.83. The molecule has 2 unspecified atom stereocenters. The van der Waals surface area contributed by atoms with Gasteiger partial charge < -0.3 is 10.5 Å². The fourth-order valence-corrected chi connectivity index (χ4v) is 3.15. The zero-order valence-electron chi connectivity index (χ0n) is 12.7. The van der Waals surface area contributed by atoms with Crippen LogP contribution in [0, 0.1) is 5.82 Å². The van der Waals surface area contributed by atoms with E-state index in [0.717, 1.165) is 32.7 Å². The maximum atomic E-state index is 14.1. The molecule has 5 heteroatoms. The highest BCUT2D eigenvalue weighted by atomic mass is 35.5. The Morgan fingerprint density at radius 2 is 2.10 bits per heavy atom. The van der Waals surface area contributed by atoms with E-state index in [1.165, 1.54) is 0 Å². The number of rotatable bonds is 5. The standard InChI is InChI=1S/C16H24ClFN2O/c1-3-16(2,20-7-9-21-10-8-20)14(19)11-12-5-4-6-13(17)15(12)18/h4-6,14H,3,7-11,19H2,1-2H3. The Morgan fingerprint density at radius 1 is 1.43 bits per heavy atom. The fourth-order valence-electron chi connectivity index (χ4n) is 2.96. The van der Waals surface area contributed by atoms with Crippen LogP contribution in [0.15, 0.2) is 18.2 Å². The third-order valence-electron chi connectivity index (χ3n) is 4.72. The zero-order chi connectivity index (χ0) is 15.5. The summed E-state index contributed by atoms with van der Waals surface area (Å²) < 4.78 is 19.5. The largest absolute Gasteiger partial charge is 0.379 e. The highest BCUT2D eigenvalue weighted by Crippen LogP contribution is 2.27. The lowest BCUT2D eigenvalue weighted by atomic mass is 9.83. The van der Waals surface area contributed by atoms with Crippen molar-refractivity contribution < 1.29 is 9.13 Å². The molecule has 2 N–H and O–H groups in total. The number of nitrogens with zero attached hydrogens (tertiary/aromatic N) is 1. The molecule has 21 heavy (non-hydrogen) atoms. The molecule has 0 spiro atoms. The van der Waals surface area contributed by atoms with Crippen LogP contribution in [0.2, 0.25) is 5.02 Å². The lowest BCUT2D eigenvalue weighted by Gasteiger charge is -2.46. The highest BCUT2D eigenvalue weighted by molar-refractivity contribution is 6.30. The van der Waals surface area contributed by atoms with Gasteiger partial charge in [-0.1, -0.05) is 30.7 Å². The minimum absolute atomic E-state index is 0.157. The van der Waals surface area contributed by atoms with Gasteiger partial charge in [0.1, 0.15) is 5.82 Å². The van der Waals surface area contributed by atoms with Crippen LogP contribution in [0.3, 0.4) is 0 Å². The van der Waals surface area contributed by atoms with Crippen molar-refractivity contribution in [3.63, 3.8) is 0 Å². The van der Waals surface area contributed by atoms with Crippen LogP contribution in [-0.2, 0) is 11.2 Å². The predicted octanol–water partition coefficient (Wildman–Crippen LogP) is 2.85. The van der Waals surface area contributed by atoms with Gasteiger partial charge >= 0.3 is 0 Å². The average Bonchev–Trinajstić information content (AvgIpc) is 2.51. The molecule has 2 rings (SSSR count). The molecule has 1 fully saturated rings. The monoisotopic (exact) mass is 314 g/mol. The van der Waals surface area contributed by atoms with Crippen molar-refractivity contribution in [2.75, 3.05) is 26.3 Å². The Morgan fingerprint density at radius 3 is 2.71 bits per heavy atom. The van der Waals surface area contributed by atoms with E-state index in [1.807, 2.05) is 0 Å². The van der Waals surface area contributed by atoms with Crippen molar-refractivity contribution >= 4 is 11.6 Å². The summed E-state index contributed by atoms with van der Waals surface area (Å²) in [6.07, 6.45) is 1.39. The number of ether oxygens (including phenoxy) is 1. The normalized spacial score (nSPS) is 21.0. The molecule has 1 saturated heterocycles. The van der Waals surface area contributed by atoms with Gasteiger partial charge in [-0.2, -0.15) is 0 Å². The smallest absolute Gasteiger partial charge is 0.145 e. The van der Waals surface area contributed by atoms with Crippen molar-refractivity contribution in [1.82, 2.24) is 4.90 Å². The number of nitrogens with two attached hydrogens (primary N) is 1. The first kappa shape index (κ1) is 16.7. The molecular formula is C16H24ClFN2O. The van der Waals surface area contributed by atoms with Crippen molar-refractivity contribution in [3.05, 3.63) is 34.6 Å². The maximum Gasteiger partial charge on any atom is 0.145 e. The molecule has 0 aliphatic carbocycles. The molecule has 118 valence electrons. The topological polar surface area (TPSA) is 38.5 Å². The summed E-state index contributed by atoms with van der Waals surface area (Å²) in [5.41, 5.74) is 6.87. The zero-order valence-corrected chi connectivity index (χ0v) is 13.5. The Balaban J connectivity index is 2.15. The SMILES string of the molecule is CCC(C)(C(N)Cc1cccc(Cl)c1F)N1CCOCC1.